The molecule has 0 bridgehead atoms. The molecule has 0 amide bonds. The second-order valence-corrected chi connectivity index (χ2v) is 3.87. The summed E-state index contributed by atoms with van der Waals surface area (Å²) in [5, 5.41) is 0. The lowest BCUT2D eigenvalue weighted by Gasteiger charge is -2.24. The van der Waals surface area contributed by atoms with Gasteiger partial charge < -0.3 is 4.74 Å². The number of ether oxygens (including phenoxy) is 1. The van der Waals surface area contributed by atoms with Gasteiger partial charge in [0, 0.05) is 13.3 Å². The average molecular weight is 207 g/mol. The van der Waals surface area contributed by atoms with Crippen molar-refractivity contribution in [3.63, 3.8) is 0 Å². The van der Waals surface area contributed by atoms with Crippen LogP contribution in [0.15, 0.2) is 24.4 Å². The molecule has 2 atom stereocenters. The van der Waals surface area contributed by atoms with Crippen LogP contribution in [0.5, 0.6) is 0 Å². The fraction of sp³-hybridized carbons (Fsp3) is 0.615. The molecule has 0 N–H and O–H groups in total. The topological polar surface area (TPSA) is 22.1 Å². The molecule has 0 aliphatic rings. The van der Waals surface area contributed by atoms with Crippen LogP contribution < -0.4 is 0 Å². The van der Waals surface area contributed by atoms with Crippen molar-refractivity contribution >= 4 is 0 Å². The van der Waals surface area contributed by atoms with Crippen molar-refractivity contribution in [2.24, 2.45) is 5.92 Å². The monoisotopic (exact) mass is 207 g/mol. The van der Waals surface area contributed by atoms with Crippen molar-refractivity contribution in [3.05, 3.63) is 30.1 Å². The SMILES string of the molecule is CCCC(CC)C(OC)c1ccccn1. The van der Waals surface area contributed by atoms with Crippen molar-refractivity contribution in [2.75, 3.05) is 7.11 Å². The Morgan fingerprint density at radius 1 is 1.33 bits per heavy atom. The number of aromatic nitrogens is 1. The van der Waals surface area contributed by atoms with Gasteiger partial charge in [0.15, 0.2) is 0 Å². The van der Waals surface area contributed by atoms with E-state index in [1.165, 1.54) is 12.8 Å². The van der Waals surface area contributed by atoms with Crippen molar-refractivity contribution in [1.29, 1.82) is 0 Å². The highest BCUT2D eigenvalue weighted by Crippen LogP contribution is 2.29. The third kappa shape index (κ3) is 3.31. The fourth-order valence-corrected chi connectivity index (χ4v) is 2.04. The molecule has 1 aromatic rings. The van der Waals surface area contributed by atoms with Crippen LogP contribution >= 0.6 is 0 Å². The van der Waals surface area contributed by atoms with Crippen molar-refractivity contribution in [1.82, 2.24) is 4.98 Å². The molecule has 0 radical (unpaired) electrons. The van der Waals surface area contributed by atoms with Crippen molar-refractivity contribution in [2.45, 2.75) is 39.2 Å². The smallest absolute Gasteiger partial charge is 0.102 e. The maximum atomic E-state index is 5.58. The maximum Gasteiger partial charge on any atom is 0.102 e. The fourth-order valence-electron chi connectivity index (χ4n) is 2.04. The summed E-state index contributed by atoms with van der Waals surface area (Å²) >= 11 is 0. The van der Waals surface area contributed by atoms with E-state index in [1.807, 2.05) is 24.4 Å². The minimum atomic E-state index is 0.149. The van der Waals surface area contributed by atoms with Crippen LogP contribution in [-0.4, -0.2) is 12.1 Å². The molecule has 1 heterocycles. The van der Waals surface area contributed by atoms with Crippen molar-refractivity contribution in [3.8, 4) is 0 Å². The first-order valence-electron chi connectivity index (χ1n) is 5.77. The molecular weight excluding hydrogens is 186 g/mol. The first-order valence-corrected chi connectivity index (χ1v) is 5.77. The molecular formula is C13H21NO. The molecule has 84 valence electrons. The number of hydrogen-bond donors (Lipinski definition) is 0. The largest absolute Gasteiger partial charge is 0.375 e. The second-order valence-electron chi connectivity index (χ2n) is 3.87. The van der Waals surface area contributed by atoms with E-state index >= 15 is 0 Å². The van der Waals surface area contributed by atoms with Crippen LogP contribution in [0.3, 0.4) is 0 Å². The highest BCUT2D eigenvalue weighted by atomic mass is 16.5. The molecule has 0 saturated heterocycles. The molecule has 0 fully saturated rings. The van der Waals surface area contributed by atoms with Gasteiger partial charge in [0.2, 0.25) is 0 Å². The van der Waals surface area contributed by atoms with E-state index in [4.69, 9.17) is 4.74 Å². The molecule has 15 heavy (non-hydrogen) atoms. The first kappa shape index (κ1) is 12.2. The van der Waals surface area contributed by atoms with Gasteiger partial charge in [0.1, 0.15) is 6.10 Å². The van der Waals surface area contributed by atoms with Gasteiger partial charge in [0.05, 0.1) is 5.69 Å². The van der Waals surface area contributed by atoms with Crippen LogP contribution in [0.1, 0.15) is 44.9 Å². The molecule has 0 saturated carbocycles. The van der Waals surface area contributed by atoms with Gasteiger partial charge in [-0.1, -0.05) is 32.8 Å². The maximum absolute atomic E-state index is 5.58. The molecule has 0 aliphatic heterocycles. The normalized spacial score (nSPS) is 14.9. The zero-order valence-electron chi connectivity index (χ0n) is 9.94. The Morgan fingerprint density at radius 3 is 2.60 bits per heavy atom. The zero-order valence-corrected chi connectivity index (χ0v) is 9.94. The van der Waals surface area contributed by atoms with Gasteiger partial charge in [0.25, 0.3) is 0 Å². The summed E-state index contributed by atoms with van der Waals surface area (Å²) in [5.41, 5.74) is 1.06. The summed E-state index contributed by atoms with van der Waals surface area (Å²) in [7, 11) is 1.78. The van der Waals surface area contributed by atoms with Crippen LogP contribution in [0, 0.1) is 5.92 Å². The van der Waals surface area contributed by atoms with Gasteiger partial charge in [-0.05, 0) is 24.5 Å². The summed E-state index contributed by atoms with van der Waals surface area (Å²) in [6, 6.07) is 6.01. The van der Waals surface area contributed by atoms with Crippen molar-refractivity contribution < 1.29 is 4.74 Å². The Balaban J connectivity index is 2.77. The third-order valence-corrected chi connectivity index (χ3v) is 2.85. The van der Waals surface area contributed by atoms with Gasteiger partial charge in [-0.3, -0.25) is 4.98 Å². The zero-order chi connectivity index (χ0) is 11.1. The van der Waals surface area contributed by atoms with E-state index in [0.29, 0.717) is 5.92 Å². The molecule has 0 spiro atoms. The number of hydrogen-bond acceptors (Lipinski definition) is 2. The van der Waals surface area contributed by atoms with E-state index in [0.717, 1.165) is 12.1 Å². The summed E-state index contributed by atoms with van der Waals surface area (Å²) in [6.45, 7) is 4.43. The van der Waals surface area contributed by atoms with E-state index in [2.05, 4.69) is 18.8 Å². The van der Waals surface area contributed by atoms with Crippen LogP contribution in [0.4, 0.5) is 0 Å². The molecule has 0 aromatic carbocycles. The molecule has 2 heteroatoms. The summed E-state index contributed by atoms with van der Waals surface area (Å²) < 4.78 is 5.58. The Bertz CT molecular complexity index is 260. The second kappa shape index (κ2) is 6.57. The minimum Gasteiger partial charge on any atom is -0.375 e. The third-order valence-electron chi connectivity index (χ3n) is 2.85. The first-order chi connectivity index (χ1) is 7.33. The Morgan fingerprint density at radius 2 is 2.13 bits per heavy atom. The van der Waals surface area contributed by atoms with Crippen LogP contribution in [0.2, 0.25) is 0 Å². The molecule has 1 aromatic heterocycles. The van der Waals surface area contributed by atoms with Gasteiger partial charge in [-0.15, -0.1) is 0 Å². The van der Waals surface area contributed by atoms with E-state index in [-0.39, 0.29) is 6.10 Å². The van der Waals surface area contributed by atoms with E-state index in [9.17, 15) is 0 Å². The Kier molecular flexibility index (Phi) is 5.33. The lowest BCUT2D eigenvalue weighted by molar-refractivity contribution is 0.0422. The Hall–Kier alpha value is -0.890. The average Bonchev–Trinajstić information content (AvgIpc) is 2.30. The quantitative estimate of drug-likeness (QED) is 0.711. The molecule has 0 aliphatic carbocycles. The number of pyridine rings is 1. The van der Waals surface area contributed by atoms with Gasteiger partial charge in [-0.2, -0.15) is 0 Å². The van der Waals surface area contributed by atoms with Gasteiger partial charge >= 0.3 is 0 Å². The van der Waals surface area contributed by atoms with E-state index in [1.54, 1.807) is 7.11 Å². The number of rotatable bonds is 6. The summed E-state index contributed by atoms with van der Waals surface area (Å²) in [6.07, 6.45) is 5.52. The lowest BCUT2D eigenvalue weighted by atomic mass is 9.92. The molecule has 2 unspecified atom stereocenters. The highest BCUT2D eigenvalue weighted by molar-refractivity contribution is 5.08. The predicted molar refractivity (Wildman–Crippen MR) is 62.7 cm³/mol. The standard InChI is InChI=1S/C13H21NO/c1-4-8-11(5-2)13(15-3)12-9-6-7-10-14-12/h6-7,9-11,13H,4-5,8H2,1-3H3. The Labute approximate surface area is 92.7 Å². The highest BCUT2D eigenvalue weighted by Gasteiger charge is 2.21. The van der Waals surface area contributed by atoms with E-state index < -0.39 is 0 Å². The number of nitrogens with zero attached hydrogens (tertiary/aromatic N) is 1. The van der Waals surface area contributed by atoms with Gasteiger partial charge in [-0.25, -0.2) is 0 Å². The van der Waals surface area contributed by atoms with Crippen LogP contribution in [0.25, 0.3) is 0 Å². The summed E-state index contributed by atoms with van der Waals surface area (Å²) in [4.78, 5) is 4.38. The lowest BCUT2D eigenvalue weighted by Crippen LogP contribution is -2.15. The number of methoxy groups -OCH3 is 1. The predicted octanol–water partition coefficient (Wildman–Crippen LogP) is 3.60. The molecule has 2 nitrogen and oxygen atoms in total. The molecule has 1 rings (SSSR count). The minimum absolute atomic E-state index is 0.149. The van der Waals surface area contributed by atoms with Crippen LogP contribution in [-0.2, 0) is 4.74 Å². The summed E-state index contributed by atoms with van der Waals surface area (Å²) in [5.74, 6) is 0.579.